The van der Waals surface area contributed by atoms with Crippen LogP contribution >= 0.6 is 23.4 Å². The van der Waals surface area contributed by atoms with Gasteiger partial charge in [-0.2, -0.15) is 11.8 Å². The third-order valence-electron chi connectivity index (χ3n) is 2.92. The van der Waals surface area contributed by atoms with Crippen molar-refractivity contribution in [3.05, 3.63) is 34.6 Å². The Morgan fingerprint density at radius 3 is 2.78 bits per heavy atom. The fraction of sp³-hybridized carbons (Fsp3) is 0.571. The van der Waals surface area contributed by atoms with Crippen LogP contribution in [0.1, 0.15) is 37.8 Å². The van der Waals surface area contributed by atoms with E-state index < -0.39 is 0 Å². The molecular formula is C14H21ClFNS. The molecule has 18 heavy (non-hydrogen) atoms. The zero-order valence-corrected chi connectivity index (χ0v) is 12.6. The van der Waals surface area contributed by atoms with Crippen LogP contribution in [-0.4, -0.2) is 18.6 Å². The van der Waals surface area contributed by atoms with Crippen molar-refractivity contribution in [2.24, 2.45) is 0 Å². The highest BCUT2D eigenvalue weighted by Crippen LogP contribution is 2.20. The Morgan fingerprint density at radius 1 is 1.33 bits per heavy atom. The maximum atomic E-state index is 13.0. The van der Waals surface area contributed by atoms with Gasteiger partial charge in [-0.3, -0.25) is 0 Å². The molecule has 1 atom stereocenters. The minimum atomic E-state index is -0.357. The van der Waals surface area contributed by atoms with Gasteiger partial charge in [-0.15, -0.1) is 0 Å². The van der Waals surface area contributed by atoms with Gasteiger partial charge in [0.05, 0.1) is 5.02 Å². The van der Waals surface area contributed by atoms with E-state index in [1.165, 1.54) is 31.1 Å². The summed E-state index contributed by atoms with van der Waals surface area (Å²) in [6.45, 7) is 3.07. The van der Waals surface area contributed by atoms with Crippen molar-refractivity contribution >= 4 is 23.4 Å². The number of hydrogen-bond acceptors (Lipinski definition) is 2. The molecular weight excluding hydrogens is 269 g/mol. The topological polar surface area (TPSA) is 12.0 Å². The lowest BCUT2D eigenvalue weighted by atomic mass is 10.1. The van der Waals surface area contributed by atoms with Crippen molar-refractivity contribution in [2.75, 3.05) is 18.6 Å². The lowest BCUT2D eigenvalue weighted by Crippen LogP contribution is -2.19. The Bertz CT molecular complexity index is 360. The Labute approximate surface area is 118 Å². The van der Waals surface area contributed by atoms with E-state index in [4.69, 9.17) is 11.6 Å². The first-order valence-corrected chi connectivity index (χ1v) is 8.09. The lowest BCUT2D eigenvalue weighted by Gasteiger charge is -2.14. The minimum Gasteiger partial charge on any atom is -0.310 e. The van der Waals surface area contributed by atoms with E-state index in [0.29, 0.717) is 0 Å². The second kappa shape index (κ2) is 8.78. The number of rotatable bonds is 8. The molecule has 0 heterocycles. The third-order valence-corrected chi connectivity index (χ3v) is 3.91. The van der Waals surface area contributed by atoms with Crippen LogP contribution in [0.4, 0.5) is 4.39 Å². The number of hydrogen-bond donors (Lipinski definition) is 1. The monoisotopic (exact) mass is 289 g/mol. The van der Waals surface area contributed by atoms with Gasteiger partial charge in [-0.1, -0.05) is 24.1 Å². The van der Waals surface area contributed by atoms with Crippen molar-refractivity contribution < 1.29 is 4.39 Å². The molecule has 0 saturated heterocycles. The number of nitrogens with one attached hydrogen (secondary N) is 1. The maximum Gasteiger partial charge on any atom is 0.141 e. The van der Waals surface area contributed by atoms with Crippen LogP contribution in [0.5, 0.6) is 0 Å². The second-order valence-electron chi connectivity index (χ2n) is 4.40. The van der Waals surface area contributed by atoms with E-state index in [2.05, 4.69) is 18.5 Å². The van der Waals surface area contributed by atoms with Crippen LogP contribution in [0.3, 0.4) is 0 Å². The molecule has 1 rings (SSSR count). The van der Waals surface area contributed by atoms with E-state index in [9.17, 15) is 4.39 Å². The second-order valence-corrected chi connectivity index (χ2v) is 5.80. The molecule has 0 spiro atoms. The van der Waals surface area contributed by atoms with Gasteiger partial charge in [0.1, 0.15) is 5.82 Å². The standard InChI is InChI=1S/C14H21ClFNS/c1-11(17-8-4-3-5-9-18-2)12-6-7-14(16)13(15)10-12/h6-7,10-11,17H,3-5,8-9H2,1-2H3. The molecule has 0 radical (unpaired) electrons. The van der Waals surface area contributed by atoms with Gasteiger partial charge in [0.25, 0.3) is 0 Å². The number of unbranched alkanes of at least 4 members (excludes halogenated alkanes) is 2. The number of halogens is 2. The van der Waals surface area contributed by atoms with Gasteiger partial charge in [-0.05, 0) is 56.0 Å². The minimum absolute atomic E-state index is 0.195. The highest BCUT2D eigenvalue weighted by Gasteiger charge is 2.07. The van der Waals surface area contributed by atoms with Gasteiger partial charge < -0.3 is 5.32 Å². The van der Waals surface area contributed by atoms with Crippen molar-refractivity contribution in [2.45, 2.75) is 32.2 Å². The normalized spacial score (nSPS) is 12.7. The largest absolute Gasteiger partial charge is 0.310 e. The summed E-state index contributed by atoms with van der Waals surface area (Å²) in [5.74, 6) is 0.882. The average Bonchev–Trinajstić information content (AvgIpc) is 2.36. The summed E-state index contributed by atoms with van der Waals surface area (Å²) < 4.78 is 13.0. The fourth-order valence-corrected chi connectivity index (χ4v) is 2.45. The molecule has 0 amide bonds. The maximum absolute atomic E-state index is 13.0. The van der Waals surface area contributed by atoms with Crippen LogP contribution in [0.25, 0.3) is 0 Å². The lowest BCUT2D eigenvalue weighted by molar-refractivity contribution is 0.543. The molecule has 4 heteroatoms. The van der Waals surface area contributed by atoms with Crippen molar-refractivity contribution in [3.8, 4) is 0 Å². The molecule has 1 nitrogen and oxygen atoms in total. The molecule has 0 aromatic heterocycles. The molecule has 0 aliphatic rings. The summed E-state index contributed by atoms with van der Waals surface area (Å²) in [6.07, 6.45) is 5.85. The van der Waals surface area contributed by atoms with E-state index in [1.807, 2.05) is 11.8 Å². The Balaban J connectivity index is 2.27. The van der Waals surface area contributed by atoms with Crippen molar-refractivity contribution in [1.82, 2.24) is 5.32 Å². The Morgan fingerprint density at radius 2 is 2.11 bits per heavy atom. The zero-order valence-electron chi connectivity index (χ0n) is 11.0. The van der Waals surface area contributed by atoms with Gasteiger partial charge in [0.15, 0.2) is 0 Å². The van der Waals surface area contributed by atoms with Crippen LogP contribution in [0.15, 0.2) is 18.2 Å². The molecule has 102 valence electrons. The van der Waals surface area contributed by atoms with E-state index in [0.717, 1.165) is 12.1 Å². The summed E-state index contributed by atoms with van der Waals surface area (Å²) in [5.41, 5.74) is 1.03. The van der Waals surface area contributed by atoms with Crippen molar-refractivity contribution in [1.29, 1.82) is 0 Å². The predicted octanol–water partition coefficient (Wildman–Crippen LogP) is 4.66. The first kappa shape index (κ1) is 15.8. The van der Waals surface area contributed by atoms with E-state index in [-0.39, 0.29) is 16.9 Å². The molecule has 0 saturated carbocycles. The van der Waals surface area contributed by atoms with Crippen LogP contribution in [0, 0.1) is 5.82 Å². The summed E-state index contributed by atoms with van der Waals surface area (Å²) in [4.78, 5) is 0. The van der Waals surface area contributed by atoms with Crippen molar-refractivity contribution in [3.63, 3.8) is 0 Å². The molecule has 1 aromatic carbocycles. The molecule has 0 fully saturated rings. The molecule has 1 N–H and O–H groups in total. The molecule has 1 aromatic rings. The summed E-state index contributed by atoms with van der Waals surface area (Å²) >= 11 is 7.67. The number of benzene rings is 1. The Hall–Kier alpha value is -0.250. The molecule has 0 aliphatic heterocycles. The van der Waals surface area contributed by atoms with E-state index >= 15 is 0 Å². The highest BCUT2D eigenvalue weighted by molar-refractivity contribution is 7.98. The van der Waals surface area contributed by atoms with Gasteiger partial charge in [0, 0.05) is 6.04 Å². The summed E-state index contributed by atoms with van der Waals surface area (Å²) in [6, 6.07) is 5.12. The fourth-order valence-electron chi connectivity index (χ4n) is 1.77. The van der Waals surface area contributed by atoms with Crippen LogP contribution in [0.2, 0.25) is 5.02 Å². The average molecular weight is 290 g/mol. The Kier molecular flexibility index (Phi) is 7.71. The van der Waals surface area contributed by atoms with Crippen LogP contribution in [-0.2, 0) is 0 Å². The number of thioether (sulfide) groups is 1. The first-order chi connectivity index (χ1) is 8.65. The quantitative estimate of drug-likeness (QED) is 0.698. The predicted molar refractivity (Wildman–Crippen MR) is 80.1 cm³/mol. The summed E-state index contributed by atoms with van der Waals surface area (Å²) in [7, 11) is 0. The molecule has 0 aliphatic carbocycles. The van der Waals surface area contributed by atoms with Gasteiger partial charge in [-0.25, -0.2) is 4.39 Å². The smallest absolute Gasteiger partial charge is 0.141 e. The third kappa shape index (κ3) is 5.59. The van der Waals surface area contributed by atoms with Gasteiger partial charge >= 0.3 is 0 Å². The highest BCUT2D eigenvalue weighted by atomic mass is 35.5. The molecule has 0 bridgehead atoms. The first-order valence-electron chi connectivity index (χ1n) is 6.32. The SMILES string of the molecule is CSCCCCCNC(C)c1ccc(F)c(Cl)c1. The van der Waals surface area contributed by atoms with Crippen LogP contribution < -0.4 is 5.32 Å². The van der Waals surface area contributed by atoms with Gasteiger partial charge in [0.2, 0.25) is 0 Å². The molecule has 1 unspecified atom stereocenters. The van der Waals surface area contributed by atoms with E-state index in [1.54, 1.807) is 12.1 Å². The zero-order chi connectivity index (χ0) is 13.4. The summed E-state index contributed by atoms with van der Waals surface area (Å²) in [5, 5.41) is 3.63.